The Balaban J connectivity index is 2.39. The smallest absolute Gasteiger partial charge is 0.376 e. The highest BCUT2D eigenvalue weighted by atomic mass is 79.9. The van der Waals surface area contributed by atoms with Gasteiger partial charge in [-0.2, -0.15) is 13.2 Å². The molecule has 0 aliphatic heterocycles. The lowest BCUT2D eigenvalue weighted by atomic mass is 9.86. The molecule has 0 saturated carbocycles. The molecule has 6 heteroatoms. The van der Waals surface area contributed by atoms with Crippen molar-refractivity contribution < 1.29 is 23.1 Å². The second kappa shape index (κ2) is 6.22. The maximum absolute atomic E-state index is 13.4. The van der Waals surface area contributed by atoms with Crippen LogP contribution in [-0.2, 0) is 5.60 Å². The van der Waals surface area contributed by atoms with E-state index in [1.54, 1.807) is 18.2 Å². The fourth-order valence-electron chi connectivity index (χ4n) is 2.05. The summed E-state index contributed by atoms with van der Waals surface area (Å²) in [5.74, 6) is -0.775. The van der Waals surface area contributed by atoms with Crippen LogP contribution in [0, 0.1) is 0 Å². The van der Waals surface area contributed by atoms with Gasteiger partial charge < -0.3 is 5.11 Å². The number of halogens is 4. The molecule has 0 bridgehead atoms. The van der Waals surface area contributed by atoms with E-state index >= 15 is 0 Å². The molecule has 0 amide bonds. The molecule has 0 heterocycles. The molecule has 2 nitrogen and oxygen atoms in total. The number of carbonyl (C=O) groups excluding carboxylic acids is 1. The van der Waals surface area contributed by atoms with Crippen molar-refractivity contribution in [2.24, 2.45) is 0 Å². The Kier molecular flexibility index (Phi) is 4.72. The Morgan fingerprint density at radius 1 is 1.00 bits per heavy atom. The van der Waals surface area contributed by atoms with E-state index < -0.39 is 24.0 Å². The van der Waals surface area contributed by atoms with Crippen LogP contribution in [0.15, 0.2) is 59.1 Å². The fraction of sp³-hybridized carbons (Fsp3) is 0.188. The Bertz CT molecular complexity index is 653. The maximum atomic E-state index is 13.4. The van der Waals surface area contributed by atoms with E-state index in [0.717, 1.165) is 12.1 Å². The third kappa shape index (κ3) is 3.39. The molecule has 0 fully saturated rings. The molecule has 0 spiro atoms. The molecule has 2 rings (SSSR count). The van der Waals surface area contributed by atoms with Gasteiger partial charge in [-0.05, 0) is 17.7 Å². The number of aliphatic hydroxyl groups is 1. The lowest BCUT2D eigenvalue weighted by Crippen LogP contribution is -2.44. The molecule has 0 saturated heterocycles. The first-order valence-electron chi connectivity index (χ1n) is 6.37. The predicted octanol–water partition coefficient (Wildman–Crippen LogP) is 4.47. The average molecular weight is 373 g/mol. The van der Waals surface area contributed by atoms with E-state index in [1.807, 2.05) is 0 Å². The maximum Gasteiger partial charge on any atom is 0.421 e. The van der Waals surface area contributed by atoms with Crippen LogP contribution in [0.1, 0.15) is 22.3 Å². The van der Waals surface area contributed by atoms with Gasteiger partial charge >= 0.3 is 6.18 Å². The Morgan fingerprint density at radius 2 is 1.55 bits per heavy atom. The van der Waals surface area contributed by atoms with Crippen molar-refractivity contribution in [1.29, 1.82) is 0 Å². The molecule has 2 aromatic carbocycles. The SMILES string of the molecule is O=C(C[C@](O)(c1ccc(Br)cc1)C(F)(F)F)c1ccccc1. The van der Waals surface area contributed by atoms with Gasteiger partial charge in [0.05, 0.1) is 6.42 Å². The summed E-state index contributed by atoms with van der Waals surface area (Å²) in [5.41, 5.74) is -3.46. The van der Waals surface area contributed by atoms with Crippen molar-refractivity contribution in [3.8, 4) is 0 Å². The fourth-order valence-corrected chi connectivity index (χ4v) is 2.31. The Labute approximate surface area is 133 Å². The molecule has 2 aromatic rings. The van der Waals surface area contributed by atoms with E-state index in [-0.39, 0.29) is 11.1 Å². The quantitative estimate of drug-likeness (QED) is 0.803. The molecule has 0 aromatic heterocycles. The first kappa shape index (κ1) is 16.7. The van der Waals surface area contributed by atoms with Crippen molar-refractivity contribution >= 4 is 21.7 Å². The molecule has 1 N–H and O–H groups in total. The molecule has 0 radical (unpaired) electrons. The van der Waals surface area contributed by atoms with Gasteiger partial charge in [0.25, 0.3) is 0 Å². The molecule has 0 unspecified atom stereocenters. The minimum Gasteiger partial charge on any atom is -0.376 e. The van der Waals surface area contributed by atoms with Crippen LogP contribution in [0.3, 0.4) is 0 Å². The van der Waals surface area contributed by atoms with E-state index in [9.17, 15) is 23.1 Å². The number of rotatable bonds is 4. The third-order valence-electron chi connectivity index (χ3n) is 3.30. The number of carbonyl (C=O) groups is 1. The molecule has 0 aliphatic rings. The number of ketones is 1. The van der Waals surface area contributed by atoms with Gasteiger partial charge in [0.2, 0.25) is 0 Å². The molecule has 22 heavy (non-hydrogen) atoms. The lowest BCUT2D eigenvalue weighted by molar-refractivity contribution is -0.264. The van der Waals surface area contributed by atoms with Crippen LogP contribution in [0.2, 0.25) is 0 Å². The van der Waals surface area contributed by atoms with Gasteiger partial charge in [0.1, 0.15) is 0 Å². The summed E-state index contributed by atoms with van der Waals surface area (Å²) < 4.78 is 40.6. The first-order chi connectivity index (χ1) is 10.2. The van der Waals surface area contributed by atoms with Gasteiger partial charge in [-0.3, -0.25) is 4.79 Å². The highest BCUT2D eigenvalue weighted by molar-refractivity contribution is 9.10. The monoisotopic (exact) mass is 372 g/mol. The summed E-state index contributed by atoms with van der Waals surface area (Å²) in [7, 11) is 0. The summed E-state index contributed by atoms with van der Waals surface area (Å²) in [6.45, 7) is 0. The largest absolute Gasteiger partial charge is 0.421 e. The van der Waals surface area contributed by atoms with Crippen LogP contribution < -0.4 is 0 Å². The van der Waals surface area contributed by atoms with E-state index in [1.165, 1.54) is 24.3 Å². The molecule has 0 aliphatic carbocycles. The van der Waals surface area contributed by atoms with Gasteiger partial charge in [-0.1, -0.05) is 58.4 Å². The van der Waals surface area contributed by atoms with Crippen molar-refractivity contribution in [1.82, 2.24) is 0 Å². The van der Waals surface area contributed by atoms with Crippen LogP contribution in [0.4, 0.5) is 13.2 Å². The van der Waals surface area contributed by atoms with Crippen LogP contribution in [-0.4, -0.2) is 17.1 Å². The Morgan fingerprint density at radius 3 is 2.05 bits per heavy atom. The zero-order valence-electron chi connectivity index (χ0n) is 11.3. The number of Topliss-reactive ketones (excluding diaryl/α,β-unsaturated/α-hetero) is 1. The molecular formula is C16H12BrF3O2. The molecule has 1 atom stereocenters. The number of alkyl halides is 3. The topological polar surface area (TPSA) is 37.3 Å². The zero-order chi connectivity index (χ0) is 16.4. The summed E-state index contributed by atoms with van der Waals surface area (Å²) in [4.78, 5) is 12.1. The van der Waals surface area contributed by atoms with Crippen LogP contribution in [0.25, 0.3) is 0 Å². The van der Waals surface area contributed by atoms with Crippen LogP contribution >= 0.6 is 15.9 Å². The normalized spacial score (nSPS) is 14.4. The highest BCUT2D eigenvalue weighted by Crippen LogP contribution is 2.42. The van der Waals surface area contributed by atoms with Crippen molar-refractivity contribution in [3.05, 3.63) is 70.2 Å². The number of hydrogen-bond acceptors (Lipinski definition) is 2. The Hall–Kier alpha value is -1.66. The highest BCUT2D eigenvalue weighted by Gasteiger charge is 2.55. The molecule has 116 valence electrons. The van der Waals surface area contributed by atoms with Gasteiger partial charge in [0, 0.05) is 10.0 Å². The zero-order valence-corrected chi connectivity index (χ0v) is 12.9. The minimum absolute atomic E-state index is 0.127. The molecular weight excluding hydrogens is 361 g/mol. The van der Waals surface area contributed by atoms with Crippen molar-refractivity contribution in [2.45, 2.75) is 18.2 Å². The second-order valence-electron chi connectivity index (χ2n) is 4.83. The van der Waals surface area contributed by atoms with Crippen molar-refractivity contribution in [3.63, 3.8) is 0 Å². The predicted molar refractivity (Wildman–Crippen MR) is 79.5 cm³/mol. The summed E-state index contributed by atoms with van der Waals surface area (Å²) in [5, 5.41) is 10.2. The third-order valence-corrected chi connectivity index (χ3v) is 3.83. The second-order valence-corrected chi connectivity index (χ2v) is 5.75. The summed E-state index contributed by atoms with van der Waals surface area (Å²) in [6.07, 6.45) is -6.03. The van der Waals surface area contributed by atoms with E-state index in [0.29, 0.717) is 4.47 Å². The summed E-state index contributed by atoms with van der Waals surface area (Å²) in [6, 6.07) is 12.7. The standard InChI is InChI=1S/C16H12BrF3O2/c17-13-8-6-12(7-9-13)15(22,16(18,19)20)10-14(21)11-4-2-1-3-5-11/h1-9,22H,10H2/t15-/m0/s1. The van der Waals surface area contributed by atoms with Gasteiger partial charge in [-0.25, -0.2) is 0 Å². The van der Waals surface area contributed by atoms with Crippen LogP contribution in [0.5, 0.6) is 0 Å². The van der Waals surface area contributed by atoms with E-state index in [2.05, 4.69) is 15.9 Å². The lowest BCUT2D eigenvalue weighted by Gasteiger charge is -2.30. The number of hydrogen-bond donors (Lipinski definition) is 1. The first-order valence-corrected chi connectivity index (χ1v) is 7.17. The average Bonchev–Trinajstić information content (AvgIpc) is 2.47. The summed E-state index contributed by atoms with van der Waals surface area (Å²) >= 11 is 3.12. The van der Waals surface area contributed by atoms with Gasteiger partial charge in [-0.15, -0.1) is 0 Å². The minimum atomic E-state index is -4.97. The number of benzene rings is 2. The van der Waals surface area contributed by atoms with Gasteiger partial charge in [0.15, 0.2) is 11.4 Å². The van der Waals surface area contributed by atoms with E-state index in [4.69, 9.17) is 0 Å². The van der Waals surface area contributed by atoms with Crippen molar-refractivity contribution in [2.75, 3.05) is 0 Å².